The summed E-state index contributed by atoms with van der Waals surface area (Å²) in [6.07, 6.45) is -3.48. The third kappa shape index (κ3) is 2.83. The molecule has 3 rings (SSSR count). The van der Waals surface area contributed by atoms with E-state index in [4.69, 9.17) is 0 Å². The Balaban J connectivity index is 2.25. The highest BCUT2D eigenvalue weighted by Gasteiger charge is 2.31. The molecule has 0 spiro atoms. The van der Waals surface area contributed by atoms with Gasteiger partial charge in [0, 0.05) is 12.1 Å². The number of halogens is 3. The Bertz CT molecular complexity index is 847. The fourth-order valence-corrected chi connectivity index (χ4v) is 2.79. The van der Waals surface area contributed by atoms with Crippen LogP contribution in [0.15, 0.2) is 42.5 Å². The smallest absolute Gasteiger partial charge is 0.324 e. The quantitative estimate of drug-likeness (QED) is 0.628. The molecular formula is C18H17F3N2. The minimum Gasteiger partial charge on any atom is -0.324 e. The van der Waals surface area contributed by atoms with Crippen LogP contribution >= 0.6 is 0 Å². The normalized spacial score (nSPS) is 12.0. The number of nitrogens with zero attached hydrogens (tertiary/aromatic N) is 2. The average molecular weight is 318 g/mol. The second-order valence-corrected chi connectivity index (χ2v) is 5.60. The van der Waals surface area contributed by atoms with Gasteiger partial charge in [-0.1, -0.05) is 31.2 Å². The molecule has 0 atom stereocenters. The highest BCUT2D eigenvalue weighted by atomic mass is 19.4. The zero-order chi connectivity index (χ0) is 16.6. The summed E-state index contributed by atoms with van der Waals surface area (Å²) in [7, 11) is 0. The minimum absolute atomic E-state index is 0.381. The van der Waals surface area contributed by atoms with Gasteiger partial charge in [-0.2, -0.15) is 13.2 Å². The molecule has 23 heavy (non-hydrogen) atoms. The summed E-state index contributed by atoms with van der Waals surface area (Å²) in [6, 6.07) is 11.6. The average Bonchev–Trinajstić information content (AvgIpc) is 2.85. The maximum atomic E-state index is 12.9. The van der Waals surface area contributed by atoms with Gasteiger partial charge in [0.05, 0.1) is 16.6 Å². The molecule has 0 fully saturated rings. The first-order valence-electron chi connectivity index (χ1n) is 7.55. The molecule has 0 aliphatic heterocycles. The Hall–Kier alpha value is -2.30. The van der Waals surface area contributed by atoms with Crippen molar-refractivity contribution in [2.45, 2.75) is 33.0 Å². The topological polar surface area (TPSA) is 17.8 Å². The molecule has 0 saturated carbocycles. The molecule has 0 aliphatic carbocycles. The summed E-state index contributed by atoms with van der Waals surface area (Å²) in [5.41, 5.74) is 2.45. The summed E-state index contributed by atoms with van der Waals surface area (Å²) >= 11 is 0. The van der Waals surface area contributed by atoms with Crippen LogP contribution in [-0.4, -0.2) is 9.55 Å². The first kappa shape index (κ1) is 15.6. The molecule has 0 saturated heterocycles. The third-order valence-corrected chi connectivity index (χ3v) is 3.91. The van der Waals surface area contributed by atoms with Crippen molar-refractivity contribution in [3.8, 4) is 11.4 Å². The Morgan fingerprint density at radius 1 is 1.09 bits per heavy atom. The standard InChI is InChI=1S/C18H17F3N2/c1-3-10-23-16-9-8-13(18(19,20)21)11-15(16)22-17(23)14-7-5-4-6-12(14)2/h4-9,11H,3,10H2,1-2H3. The molecule has 0 amide bonds. The van der Waals surface area contributed by atoms with Gasteiger partial charge in [-0.25, -0.2) is 4.98 Å². The van der Waals surface area contributed by atoms with Crippen molar-refractivity contribution in [1.29, 1.82) is 0 Å². The number of imidazole rings is 1. The number of rotatable bonds is 3. The number of alkyl halides is 3. The van der Waals surface area contributed by atoms with Crippen molar-refractivity contribution < 1.29 is 13.2 Å². The van der Waals surface area contributed by atoms with Crippen LogP contribution in [0.2, 0.25) is 0 Å². The third-order valence-electron chi connectivity index (χ3n) is 3.91. The first-order chi connectivity index (χ1) is 10.9. The van der Waals surface area contributed by atoms with Crippen molar-refractivity contribution in [3.05, 3.63) is 53.6 Å². The summed E-state index contributed by atoms with van der Waals surface area (Å²) in [4.78, 5) is 4.50. The van der Waals surface area contributed by atoms with E-state index >= 15 is 0 Å². The summed E-state index contributed by atoms with van der Waals surface area (Å²) < 4.78 is 40.8. The van der Waals surface area contributed by atoms with Gasteiger partial charge in [0.25, 0.3) is 0 Å². The van der Waals surface area contributed by atoms with E-state index in [1.54, 1.807) is 0 Å². The number of hydrogen-bond acceptors (Lipinski definition) is 1. The molecule has 0 radical (unpaired) electrons. The van der Waals surface area contributed by atoms with Crippen LogP contribution < -0.4 is 0 Å². The SMILES string of the molecule is CCCn1c(-c2ccccc2C)nc2cc(C(F)(F)F)ccc21. The lowest BCUT2D eigenvalue weighted by molar-refractivity contribution is -0.137. The van der Waals surface area contributed by atoms with Gasteiger partial charge in [-0.05, 0) is 37.1 Å². The lowest BCUT2D eigenvalue weighted by atomic mass is 10.1. The molecule has 1 aromatic heterocycles. The Morgan fingerprint density at radius 3 is 2.48 bits per heavy atom. The van der Waals surface area contributed by atoms with Crippen molar-refractivity contribution in [3.63, 3.8) is 0 Å². The second kappa shape index (κ2) is 5.72. The summed E-state index contributed by atoms with van der Waals surface area (Å²) in [6.45, 7) is 4.73. The van der Waals surface area contributed by atoms with E-state index in [1.807, 2.05) is 42.7 Å². The lowest BCUT2D eigenvalue weighted by Crippen LogP contribution is -2.04. The highest BCUT2D eigenvalue weighted by molar-refractivity contribution is 5.82. The zero-order valence-corrected chi connectivity index (χ0v) is 13.0. The van der Waals surface area contributed by atoms with Crippen molar-refractivity contribution in [1.82, 2.24) is 9.55 Å². The van der Waals surface area contributed by atoms with Gasteiger partial charge < -0.3 is 4.57 Å². The van der Waals surface area contributed by atoms with Crippen LogP contribution in [-0.2, 0) is 12.7 Å². The summed E-state index contributed by atoms with van der Waals surface area (Å²) in [5, 5.41) is 0. The molecule has 1 heterocycles. The van der Waals surface area contributed by atoms with E-state index < -0.39 is 11.7 Å². The fraction of sp³-hybridized carbons (Fsp3) is 0.278. The highest BCUT2D eigenvalue weighted by Crippen LogP contribution is 2.33. The van der Waals surface area contributed by atoms with Crippen LogP contribution in [0, 0.1) is 6.92 Å². The van der Waals surface area contributed by atoms with Crippen LogP contribution in [0.5, 0.6) is 0 Å². The molecule has 5 heteroatoms. The number of aryl methyl sites for hydroxylation is 2. The zero-order valence-electron chi connectivity index (χ0n) is 13.0. The van der Waals surface area contributed by atoms with Crippen LogP contribution in [0.1, 0.15) is 24.5 Å². The van der Waals surface area contributed by atoms with Crippen molar-refractivity contribution >= 4 is 11.0 Å². The molecular weight excluding hydrogens is 301 g/mol. The molecule has 0 unspecified atom stereocenters. The molecule has 0 bridgehead atoms. The van der Waals surface area contributed by atoms with Gasteiger partial charge in [-0.3, -0.25) is 0 Å². The fourth-order valence-electron chi connectivity index (χ4n) is 2.79. The van der Waals surface area contributed by atoms with E-state index in [9.17, 15) is 13.2 Å². The maximum absolute atomic E-state index is 12.9. The van der Waals surface area contributed by atoms with E-state index in [0.29, 0.717) is 12.1 Å². The van der Waals surface area contributed by atoms with Crippen LogP contribution in [0.4, 0.5) is 13.2 Å². The largest absolute Gasteiger partial charge is 0.416 e. The van der Waals surface area contributed by atoms with E-state index in [1.165, 1.54) is 6.07 Å². The molecule has 2 nitrogen and oxygen atoms in total. The van der Waals surface area contributed by atoms with E-state index in [-0.39, 0.29) is 0 Å². The number of benzene rings is 2. The van der Waals surface area contributed by atoms with Crippen LogP contribution in [0.3, 0.4) is 0 Å². The van der Waals surface area contributed by atoms with Gasteiger partial charge in [0.15, 0.2) is 0 Å². The first-order valence-corrected chi connectivity index (χ1v) is 7.55. The number of hydrogen-bond donors (Lipinski definition) is 0. The van der Waals surface area contributed by atoms with Gasteiger partial charge in [-0.15, -0.1) is 0 Å². The molecule has 120 valence electrons. The van der Waals surface area contributed by atoms with E-state index in [0.717, 1.165) is 41.0 Å². The number of fused-ring (bicyclic) bond motifs is 1. The molecule has 0 N–H and O–H groups in total. The Kier molecular flexibility index (Phi) is 3.88. The minimum atomic E-state index is -4.36. The Labute approximate surface area is 132 Å². The maximum Gasteiger partial charge on any atom is 0.416 e. The monoisotopic (exact) mass is 318 g/mol. The van der Waals surface area contributed by atoms with Gasteiger partial charge in [0.1, 0.15) is 5.82 Å². The van der Waals surface area contributed by atoms with E-state index in [2.05, 4.69) is 4.98 Å². The van der Waals surface area contributed by atoms with Crippen molar-refractivity contribution in [2.75, 3.05) is 0 Å². The van der Waals surface area contributed by atoms with Crippen LogP contribution in [0.25, 0.3) is 22.4 Å². The van der Waals surface area contributed by atoms with Gasteiger partial charge >= 0.3 is 6.18 Å². The second-order valence-electron chi connectivity index (χ2n) is 5.60. The predicted molar refractivity (Wildman–Crippen MR) is 85.2 cm³/mol. The Morgan fingerprint density at radius 2 is 1.83 bits per heavy atom. The predicted octanol–water partition coefficient (Wildman–Crippen LogP) is 5.44. The van der Waals surface area contributed by atoms with Gasteiger partial charge in [0.2, 0.25) is 0 Å². The number of aromatic nitrogens is 2. The summed E-state index contributed by atoms with van der Waals surface area (Å²) in [5.74, 6) is 0.722. The van der Waals surface area contributed by atoms with Crippen molar-refractivity contribution in [2.24, 2.45) is 0 Å². The molecule has 3 aromatic rings. The molecule has 0 aliphatic rings. The molecule has 2 aromatic carbocycles. The lowest BCUT2D eigenvalue weighted by Gasteiger charge is -2.10.